The van der Waals surface area contributed by atoms with Gasteiger partial charge in [-0.3, -0.25) is 10.1 Å². The van der Waals surface area contributed by atoms with Crippen LogP contribution in [0.3, 0.4) is 0 Å². The summed E-state index contributed by atoms with van der Waals surface area (Å²) in [5.41, 5.74) is 0.0194. The van der Waals surface area contributed by atoms with Gasteiger partial charge in [0.2, 0.25) is 0 Å². The first-order valence-corrected chi connectivity index (χ1v) is 6.42. The Kier molecular flexibility index (Phi) is 3.61. The van der Waals surface area contributed by atoms with Crippen LogP contribution in [0.25, 0.3) is 0 Å². The highest BCUT2D eigenvalue weighted by Crippen LogP contribution is 2.30. The largest absolute Gasteiger partial charge is 0.356 e. The fourth-order valence-corrected chi connectivity index (χ4v) is 2.56. The minimum absolute atomic E-state index is 0.0194. The van der Waals surface area contributed by atoms with Crippen LogP contribution in [0, 0.1) is 16.0 Å². The smallest absolute Gasteiger partial charge is 0.288 e. The summed E-state index contributed by atoms with van der Waals surface area (Å²) in [5.74, 6) is 1.56. The van der Waals surface area contributed by atoms with Crippen LogP contribution in [-0.4, -0.2) is 23.0 Å². The SMILES string of the molecule is CC1CCN(c2ncc([N+](=O)[O-])cc2Br)CC1. The quantitative estimate of drug-likeness (QED) is 0.622. The third-order valence-electron chi connectivity index (χ3n) is 3.10. The van der Waals surface area contributed by atoms with Crippen LogP contribution in [0.2, 0.25) is 0 Å². The van der Waals surface area contributed by atoms with E-state index in [4.69, 9.17) is 0 Å². The van der Waals surface area contributed by atoms with Gasteiger partial charge in [0.15, 0.2) is 0 Å². The van der Waals surface area contributed by atoms with Gasteiger partial charge in [-0.05, 0) is 34.7 Å². The highest BCUT2D eigenvalue weighted by atomic mass is 79.9. The van der Waals surface area contributed by atoms with Crippen molar-refractivity contribution in [3.8, 4) is 0 Å². The maximum Gasteiger partial charge on any atom is 0.288 e. The second-order valence-corrected chi connectivity index (χ2v) is 5.28. The summed E-state index contributed by atoms with van der Waals surface area (Å²) in [6.07, 6.45) is 3.61. The normalized spacial score (nSPS) is 17.2. The molecule has 0 spiro atoms. The molecule has 0 N–H and O–H groups in total. The van der Waals surface area contributed by atoms with Gasteiger partial charge in [-0.1, -0.05) is 6.92 Å². The molecule has 0 atom stereocenters. The molecule has 5 nitrogen and oxygen atoms in total. The van der Waals surface area contributed by atoms with Crippen LogP contribution in [0.1, 0.15) is 19.8 Å². The number of nitrogens with zero attached hydrogens (tertiary/aromatic N) is 3. The summed E-state index contributed by atoms with van der Waals surface area (Å²) in [4.78, 5) is 16.5. The summed E-state index contributed by atoms with van der Waals surface area (Å²) in [5, 5.41) is 10.6. The predicted molar refractivity (Wildman–Crippen MR) is 69.2 cm³/mol. The lowest BCUT2D eigenvalue weighted by Gasteiger charge is -2.31. The third-order valence-corrected chi connectivity index (χ3v) is 3.68. The molecular weight excluding hydrogens is 286 g/mol. The zero-order valence-corrected chi connectivity index (χ0v) is 11.2. The van der Waals surface area contributed by atoms with E-state index in [0.29, 0.717) is 4.47 Å². The molecule has 0 aliphatic carbocycles. The average Bonchev–Trinajstić information content (AvgIpc) is 2.30. The van der Waals surface area contributed by atoms with E-state index in [1.54, 1.807) is 0 Å². The third kappa shape index (κ3) is 2.74. The van der Waals surface area contributed by atoms with Crippen molar-refractivity contribution in [1.82, 2.24) is 4.98 Å². The number of hydrogen-bond donors (Lipinski definition) is 0. The van der Waals surface area contributed by atoms with E-state index in [9.17, 15) is 10.1 Å². The Morgan fingerprint density at radius 2 is 2.18 bits per heavy atom. The van der Waals surface area contributed by atoms with E-state index >= 15 is 0 Å². The van der Waals surface area contributed by atoms with Crippen molar-refractivity contribution in [2.24, 2.45) is 5.92 Å². The lowest BCUT2D eigenvalue weighted by atomic mass is 9.99. The first kappa shape index (κ1) is 12.3. The van der Waals surface area contributed by atoms with E-state index < -0.39 is 4.92 Å². The van der Waals surface area contributed by atoms with Crippen molar-refractivity contribution in [2.45, 2.75) is 19.8 Å². The maximum absolute atomic E-state index is 10.6. The lowest BCUT2D eigenvalue weighted by Crippen LogP contribution is -2.33. The number of hydrogen-bond acceptors (Lipinski definition) is 4. The van der Waals surface area contributed by atoms with Crippen molar-refractivity contribution >= 4 is 27.4 Å². The molecule has 92 valence electrons. The van der Waals surface area contributed by atoms with Gasteiger partial charge in [0, 0.05) is 19.2 Å². The van der Waals surface area contributed by atoms with Gasteiger partial charge in [-0.25, -0.2) is 4.98 Å². The van der Waals surface area contributed by atoms with Crippen LogP contribution in [-0.2, 0) is 0 Å². The molecule has 1 aromatic heterocycles. The average molecular weight is 300 g/mol. The monoisotopic (exact) mass is 299 g/mol. The molecule has 6 heteroatoms. The predicted octanol–water partition coefficient (Wildman–Crippen LogP) is 2.99. The molecule has 0 saturated carbocycles. The molecule has 1 saturated heterocycles. The van der Waals surface area contributed by atoms with E-state index in [-0.39, 0.29) is 5.69 Å². The Morgan fingerprint density at radius 1 is 1.53 bits per heavy atom. The van der Waals surface area contributed by atoms with Crippen molar-refractivity contribution in [3.05, 3.63) is 26.9 Å². The molecular formula is C11H14BrN3O2. The van der Waals surface area contributed by atoms with Gasteiger partial charge in [0.25, 0.3) is 5.69 Å². The number of aromatic nitrogens is 1. The van der Waals surface area contributed by atoms with Gasteiger partial charge in [-0.2, -0.15) is 0 Å². The number of anilines is 1. The summed E-state index contributed by atoms with van der Waals surface area (Å²) < 4.78 is 0.696. The van der Waals surface area contributed by atoms with Crippen LogP contribution in [0.15, 0.2) is 16.7 Å². The Labute approximate surface area is 108 Å². The van der Waals surface area contributed by atoms with Crippen LogP contribution in [0.4, 0.5) is 11.5 Å². The molecule has 0 radical (unpaired) electrons. The Hall–Kier alpha value is -1.17. The number of pyridine rings is 1. The molecule has 1 fully saturated rings. The number of rotatable bonds is 2. The van der Waals surface area contributed by atoms with Crippen LogP contribution < -0.4 is 4.90 Å². The minimum atomic E-state index is -0.431. The molecule has 2 rings (SSSR count). The summed E-state index contributed by atoms with van der Waals surface area (Å²) >= 11 is 3.36. The highest BCUT2D eigenvalue weighted by Gasteiger charge is 2.20. The fourth-order valence-electron chi connectivity index (χ4n) is 1.97. The zero-order chi connectivity index (χ0) is 12.4. The molecule has 2 heterocycles. The van der Waals surface area contributed by atoms with Crippen molar-refractivity contribution in [3.63, 3.8) is 0 Å². The van der Waals surface area contributed by atoms with Crippen LogP contribution in [0.5, 0.6) is 0 Å². The molecule has 0 bridgehead atoms. The van der Waals surface area contributed by atoms with Crippen LogP contribution >= 0.6 is 15.9 Å². The summed E-state index contributed by atoms with van der Waals surface area (Å²) in [6, 6.07) is 1.51. The fraction of sp³-hybridized carbons (Fsp3) is 0.545. The van der Waals surface area contributed by atoms with Crippen molar-refractivity contribution in [1.29, 1.82) is 0 Å². The van der Waals surface area contributed by atoms with Crippen molar-refractivity contribution < 1.29 is 4.92 Å². The molecule has 1 aliphatic heterocycles. The van der Waals surface area contributed by atoms with E-state index in [2.05, 4.69) is 32.7 Å². The summed E-state index contributed by atoms with van der Waals surface area (Å²) in [7, 11) is 0. The first-order chi connectivity index (χ1) is 8.08. The molecule has 0 amide bonds. The Morgan fingerprint density at radius 3 is 2.71 bits per heavy atom. The molecule has 0 unspecified atom stereocenters. The highest BCUT2D eigenvalue weighted by molar-refractivity contribution is 9.10. The number of nitro groups is 1. The van der Waals surface area contributed by atoms with E-state index in [1.165, 1.54) is 12.3 Å². The molecule has 1 aliphatic rings. The second kappa shape index (κ2) is 5.00. The topological polar surface area (TPSA) is 59.3 Å². The minimum Gasteiger partial charge on any atom is -0.356 e. The number of halogens is 1. The van der Waals surface area contributed by atoms with E-state index in [0.717, 1.165) is 37.7 Å². The van der Waals surface area contributed by atoms with Gasteiger partial charge in [0.05, 0.1) is 9.40 Å². The van der Waals surface area contributed by atoms with E-state index in [1.807, 2.05) is 0 Å². The standard InChI is InChI=1S/C11H14BrN3O2/c1-8-2-4-14(5-3-8)11-10(12)6-9(7-13-11)15(16)17/h6-8H,2-5H2,1H3. The summed E-state index contributed by atoms with van der Waals surface area (Å²) in [6.45, 7) is 4.17. The molecule has 17 heavy (non-hydrogen) atoms. The van der Waals surface area contributed by atoms with Crippen molar-refractivity contribution in [2.75, 3.05) is 18.0 Å². The van der Waals surface area contributed by atoms with Gasteiger partial charge >= 0.3 is 0 Å². The second-order valence-electron chi connectivity index (χ2n) is 4.43. The van der Waals surface area contributed by atoms with Gasteiger partial charge < -0.3 is 4.90 Å². The molecule has 1 aromatic rings. The maximum atomic E-state index is 10.6. The lowest BCUT2D eigenvalue weighted by molar-refractivity contribution is -0.385. The number of piperidine rings is 1. The van der Waals surface area contributed by atoms with Gasteiger partial charge in [0.1, 0.15) is 12.0 Å². The Bertz CT molecular complexity index is 431. The molecule has 0 aromatic carbocycles. The Balaban J connectivity index is 2.19. The van der Waals surface area contributed by atoms with Gasteiger partial charge in [-0.15, -0.1) is 0 Å². The first-order valence-electron chi connectivity index (χ1n) is 5.63. The zero-order valence-electron chi connectivity index (χ0n) is 9.60.